The Morgan fingerprint density at radius 3 is 2.52 bits per heavy atom. The number of aryl methyl sites for hydroxylation is 2. The molecule has 0 unspecified atom stereocenters. The molecule has 2 aliphatic rings. The lowest BCUT2D eigenvalue weighted by Gasteiger charge is -2.12. The van der Waals surface area contributed by atoms with Crippen LogP contribution in [-0.4, -0.2) is 33.4 Å². The van der Waals surface area contributed by atoms with Gasteiger partial charge in [-0.05, 0) is 68.4 Å². The Morgan fingerprint density at radius 1 is 1.03 bits per heavy atom. The molecule has 0 saturated heterocycles. The van der Waals surface area contributed by atoms with Crippen molar-refractivity contribution in [3.05, 3.63) is 45.1 Å². The number of carbonyl (C=O) groups excluding carboxylic acids is 2. The number of ether oxygens (including phenoxy) is 1. The van der Waals surface area contributed by atoms with E-state index < -0.39 is 15.9 Å². The van der Waals surface area contributed by atoms with Gasteiger partial charge in [0.05, 0.1) is 12.0 Å². The molecule has 0 spiro atoms. The van der Waals surface area contributed by atoms with Gasteiger partial charge in [0, 0.05) is 16.5 Å². The van der Waals surface area contributed by atoms with E-state index in [4.69, 9.17) is 4.74 Å². The number of nitrogens with one attached hydrogen (secondary N) is 3. The van der Waals surface area contributed by atoms with E-state index in [2.05, 4.69) is 15.6 Å². The minimum atomic E-state index is -3.82. The Labute approximate surface area is 185 Å². The lowest BCUT2D eigenvalue weighted by atomic mass is 10.1. The van der Waals surface area contributed by atoms with Crippen LogP contribution in [0, 0.1) is 0 Å². The molecule has 3 N–H and O–H groups in total. The zero-order chi connectivity index (χ0) is 22.0. The summed E-state index contributed by atoms with van der Waals surface area (Å²) < 4.78 is 33.0. The van der Waals surface area contributed by atoms with Crippen LogP contribution < -0.4 is 20.3 Å². The number of fused-ring (bicyclic) bond motifs is 1. The number of amides is 2. The fourth-order valence-electron chi connectivity index (χ4n) is 3.54. The van der Waals surface area contributed by atoms with E-state index in [1.165, 1.54) is 53.5 Å². The van der Waals surface area contributed by atoms with E-state index in [-0.39, 0.29) is 28.2 Å². The maximum absolute atomic E-state index is 12.6. The maximum Gasteiger partial charge on any atom is 0.279 e. The van der Waals surface area contributed by atoms with E-state index in [1.807, 2.05) is 6.07 Å². The number of hydrogen-bond acceptors (Lipinski definition) is 6. The van der Waals surface area contributed by atoms with Gasteiger partial charge in [0.1, 0.15) is 10.6 Å². The summed E-state index contributed by atoms with van der Waals surface area (Å²) in [6.45, 7) is 0. The molecule has 0 aliphatic heterocycles. The third kappa shape index (κ3) is 5.08. The van der Waals surface area contributed by atoms with Crippen LogP contribution in [-0.2, 0) is 22.9 Å². The van der Waals surface area contributed by atoms with Crippen molar-refractivity contribution in [2.45, 2.75) is 55.9 Å². The topological polar surface area (TPSA) is 114 Å². The summed E-state index contributed by atoms with van der Waals surface area (Å²) in [5, 5.41) is 0. The third-order valence-electron chi connectivity index (χ3n) is 5.37. The highest BCUT2D eigenvalue weighted by atomic mass is 32.2. The van der Waals surface area contributed by atoms with Gasteiger partial charge in [0.25, 0.3) is 11.8 Å². The largest absolute Gasteiger partial charge is 0.495 e. The molecule has 2 amide bonds. The summed E-state index contributed by atoms with van der Waals surface area (Å²) in [5.74, 6) is -0.853. The van der Waals surface area contributed by atoms with Gasteiger partial charge in [0.2, 0.25) is 10.0 Å². The highest BCUT2D eigenvalue weighted by molar-refractivity contribution is 7.89. The third-order valence-corrected chi connectivity index (χ3v) is 8.15. The first-order chi connectivity index (χ1) is 14.9. The van der Waals surface area contributed by atoms with Crippen LogP contribution in [0.3, 0.4) is 0 Å². The standard InChI is InChI=1S/C21H25N3O5S2/c1-29-16-10-7-14(12-19(16)31(27,28)24-15-8-9-15)20(25)22-23-21(26)18-11-13-5-3-2-4-6-17(13)30-18/h7,10-12,15,24H,2-6,8-9H2,1H3,(H,22,25)(H,23,26). The molecule has 8 nitrogen and oxygen atoms in total. The van der Waals surface area contributed by atoms with Crippen LogP contribution in [0.2, 0.25) is 0 Å². The molecular weight excluding hydrogens is 438 g/mol. The molecule has 10 heteroatoms. The molecule has 1 saturated carbocycles. The van der Waals surface area contributed by atoms with Gasteiger partial charge >= 0.3 is 0 Å². The Balaban J connectivity index is 1.45. The molecule has 1 aromatic carbocycles. The van der Waals surface area contributed by atoms with Gasteiger partial charge in [-0.15, -0.1) is 11.3 Å². The van der Waals surface area contributed by atoms with Gasteiger partial charge in [-0.25, -0.2) is 13.1 Å². The van der Waals surface area contributed by atoms with Crippen molar-refractivity contribution >= 4 is 33.2 Å². The van der Waals surface area contributed by atoms with Gasteiger partial charge in [-0.2, -0.15) is 0 Å². The predicted octanol–water partition coefficient (Wildman–Crippen LogP) is 2.54. The Hall–Kier alpha value is -2.43. The average Bonchev–Trinajstić information content (AvgIpc) is 3.52. The lowest BCUT2D eigenvalue weighted by molar-refractivity contribution is 0.0848. The molecule has 1 aromatic heterocycles. The van der Waals surface area contributed by atoms with Crippen LogP contribution in [0.4, 0.5) is 0 Å². The van der Waals surface area contributed by atoms with Crippen LogP contribution in [0.5, 0.6) is 5.75 Å². The first-order valence-electron chi connectivity index (χ1n) is 10.3. The van der Waals surface area contributed by atoms with E-state index in [9.17, 15) is 18.0 Å². The molecule has 1 fully saturated rings. The summed E-state index contributed by atoms with van der Waals surface area (Å²) in [6.07, 6.45) is 7.00. The van der Waals surface area contributed by atoms with Crippen molar-refractivity contribution < 1.29 is 22.7 Å². The van der Waals surface area contributed by atoms with E-state index in [0.717, 1.165) is 38.5 Å². The number of benzene rings is 1. The molecule has 2 aromatic rings. The smallest absolute Gasteiger partial charge is 0.279 e. The summed E-state index contributed by atoms with van der Waals surface area (Å²) in [5.41, 5.74) is 6.11. The highest BCUT2D eigenvalue weighted by Crippen LogP contribution is 2.29. The fourth-order valence-corrected chi connectivity index (χ4v) is 6.19. The summed E-state index contributed by atoms with van der Waals surface area (Å²) >= 11 is 1.46. The molecule has 2 aliphatic carbocycles. The van der Waals surface area contributed by atoms with Crippen molar-refractivity contribution in [3.8, 4) is 5.75 Å². The maximum atomic E-state index is 12.6. The summed E-state index contributed by atoms with van der Waals surface area (Å²) in [4.78, 5) is 26.7. The fraction of sp³-hybridized carbons (Fsp3) is 0.429. The SMILES string of the molecule is COc1ccc(C(=O)NNC(=O)c2cc3c(s2)CCCCC3)cc1S(=O)(=O)NC1CC1. The summed E-state index contributed by atoms with van der Waals surface area (Å²) in [7, 11) is -2.45. The number of thiophene rings is 1. The predicted molar refractivity (Wildman–Crippen MR) is 117 cm³/mol. The first-order valence-corrected chi connectivity index (χ1v) is 12.6. The van der Waals surface area contributed by atoms with Gasteiger partial charge < -0.3 is 4.74 Å². The second-order valence-corrected chi connectivity index (χ2v) is 10.6. The molecule has 0 bridgehead atoms. The minimum absolute atomic E-state index is 0.0765. The Morgan fingerprint density at radius 2 is 1.77 bits per heavy atom. The van der Waals surface area contributed by atoms with Crippen LogP contribution in [0.1, 0.15) is 62.6 Å². The summed E-state index contributed by atoms with van der Waals surface area (Å²) in [6, 6.07) is 5.94. The van der Waals surface area contributed by atoms with E-state index in [1.54, 1.807) is 0 Å². The second-order valence-electron chi connectivity index (χ2n) is 7.79. The molecule has 0 radical (unpaired) electrons. The van der Waals surface area contributed by atoms with Crippen molar-refractivity contribution in [1.29, 1.82) is 0 Å². The molecule has 1 heterocycles. The number of methoxy groups -OCH3 is 1. The van der Waals surface area contributed by atoms with E-state index in [0.29, 0.717) is 4.88 Å². The average molecular weight is 464 g/mol. The van der Waals surface area contributed by atoms with Crippen LogP contribution in [0.15, 0.2) is 29.2 Å². The number of rotatable bonds is 6. The Bertz CT molecular complexity index is 1080. The zero-order valence-corrected chi connectivity index (χ0v) is 18.8. The number of hydrogen-bond donors (Lipinski definition) is 3. The monoisotopic (exact) mass is 463 g/mol. The van der Waals surface area contributed by atoms with Gasteiger partial charge in [-0.3, -0.25) is 20.4 Å². The quantitative estimate of drug-likeness (QED) is 0.450. The van der Waals surface area contributed by atoms with Crippen molar-refractivity contribution in [2.75, 3.05) is 7.11 Å². The first kappa shape index (κ1) is 21.8. The van der Waals surface area contributed by atoms with Crippen molar-refractivity contribution in [3.63, 3.8) is 0 Å². The van der Waals surface area contributed by atoms with Gasteiger partial charge in [-0.1, -0.05) is 6.42 Å². The number of carbonyl (C=O) groups is 2. The van der Waals surface area contributed by atoms with Crippen molar-refractivity contribution in [1.82, 2.24) is 15.6 Å². The molecule has 166 valence electrons. The molecular formula is C21H25N3O5S2. The Kier molecular flexibility index (Phi) is 6.31. The molecule has 4 rings (SSSR count). The normalized spacial score (nSPS) is 16.2. The zero-order valence-electron chi connectivity index (χ0n) is 17.2. The van der Waals surface area contributed by atoms with Gasteiger partial charge in [0.15, 0.2) is 0 Å². The lowest BCUT2D eigenvalue weighted by Crippen LogP contribution is -2.41. The molecule has 31 heavy (non-hydrogen) atoms. The highest BCUT2D eigenvalue weighted by Gasteiger charge is 2.30. The van der Waals surface area contributed by atoms with Crippen molar-refractivity contribution in [2.24, 2.45) is 0 Å². The number of hydrazine groups is 1. The minimum Gasteiger partial charge on any atom is -0.495 e. The van der Waals surface area contributed by atoms with E-state index >= 15 is 0 Å². The van der Waals surface area contributed by atoms with Crippen LogP contribution >= 0.6 is 11.3 Å². The van der Waals surface area contributed by atoms with Crippen LogP contribution in [0.25, 0.3) is 0 Å². The second kappa shape index (κ2) is 8.97. The number of sulfonamides is 1. The molecule has 0 atom stereocenters.